The van der Waals surface area contributed by atoms with Crippen LogP contribution in [-0.4, -0.2) is 23.9 Å². The van der Waals surface area contributed by atoms with Crippen molar-refractivity contribution in [3.63, 3.8) is 0 Å². The molecule has 6 heteroatoms. The Morgan fingerprint density at radius 3 is 0.889 bits per heavy atom. The van der Waals surface area contributed by atoms with E-state index in [0.717, 1.165) is 49.4 Å². The van der Waals surface area contributed by atoms with Gasteiger partial charge in [0.1, 0.15) is 0 Å². The van der Waals surface area contributed by atoms with Crippen molar-refractivity contribution in [2.45, 2.75) is 64.2 Å². The van der Waals surface area contributed by atoms with Crippen molar-refractivity contribution >= 4 is 23.9 Å². The first-order valence-corrected chi connectivity index (χ1v) is 14.5. The van der Waals surface area contributed by atoms with E-state index >= 15 is 0 Å². The quantitative estimate of drug-likeness (QED) is 0.289. The number of allylic oxidation sites excluding steroid dienone is 4. The monoisotopic (exact) mass is 488 g/mol. The molecular weight excluding hydrogens is 456 g/mol. The van der Waals surface area contributed by atoms with Crippen LogP contribution in [0.2, 0.25) is 0 Å². The van der Waals surface area contributed by atoms with Crippen LogP contribution < -0.4 is 0 Å². The number of hydrogen-bond donors (Lipinski definition) is 0. The SMILES string of the molecule is O=C1OC(=O)C2C3CCC(C4=C3C3CCC4C3)C12.O=C1OC(=O)C2C3CCC(C4=C3C3CCC4C3)C12. The lowest BCUT2D eigenvalue weighted by molar-refractivity contribution is -0.155. The molecule has 0 N–H and O–H groups in total. The molecule has 2 saturated heterocycles. The molecular formula is C30H32O6. The number of ether oxygens (including phenoxy) is 2. The fraction of sp³-hybridized carbons (Fsp3) is 0.733. The Labute approximate surface area is 210 Å². The first-order valence-electron chi connectivity index (χ1n) is 14.5. The molecule has 0 aromatic carbocycles. The average Bonchev–Trinajstić information content (AvgIpc) is 3.73. The number of esters is 4. The van der Waals surface area contributed by atoms with Crippen LogP contribution in [0.3, 0.4) is 0 Å². The predicted molar refractivity (Wildman–Crippen MR) is 124 cm³/mol. The smallest absolute Gasteiger partial charge is 0.318 e. The third-order valence-electron chi connectivity index (χ3n) is 12.5. The molecule has 4 saturated carbocycles. The number of carbonyl (C=O) groups excluding carboxylic acids is 4. The minimum absolute atomic E-state index is 0.116. The lowest BCUT2D eigenvalue weighted by atomic mass is 9.54. The molecule has 12 atom stereocenters. The standard InChI is InChI=1S/2C15H16O3/c2*16-14-12-8-3-4-9(13(12)15(17)18-14)11-7-2-1-6(5-7)10(8)11/h2*6-9,12-13H,1-5H2. The second-order valence-electron chi connectivity index (χ2n) is 13.4. The number of carbonyl (C=O) groups is 4. The van der Waals surface area contributed by atoms with Gasteiger partial charge in [0.2, 0.25) is 0 Å². The van der Waals surface area contributed by atoms with Gasteiger partial charge in [-0.2, -0.15) is 0 Å². The molecule has 0 spiro atoms. The van der Waals surface area contributed by atoms with Crippen molar-refractivity contribution in [2.75, 3.05) is 0 Å². The van der Waals surface area contributed by atoms with Crippen molar-refractivity contribution < 1.29 is 28.7 Å². The van der Waals surface area contributed by atoms with E-state index in [1.165, 1.54) is 38.5 Å². The third-order valence-corrected chi connectivity index (χ3v) is 12.5. The van der Waals surface area contributed by atoms with Gasteiger partial charge < -0.3 is 9.47 Å². The summed E-state index contributed by atoms with van der Waals surface area (Å²) in [6.45, 7) is 0. The highest BCUT2D eigenvalue weighted by molar-refractivity contribution is 5.98. The van der Waals surface area contributed by atoms with Gasteiger partial charge in [-0.15, -0.1) is 0 Å². The van der Waals surface area contributed by atoms with Crippen LogP contribution in [-0.2, 0) is 28.7 Å². The molecule has 188 valence electrons. The zero-order chi connectivity index (χ0) is 24.0. The van der Waals surface area contributed by atoms with E-state index < -0.39 is 0 Å². The maximum Gasteiger partial charge on any atom is 0.318 e. The summed E-state index contributed by atoms with van der Waals surface area (Å²) in [6, 6.07) is 0. The van der Waals surface area contributed by atoms with E-state index in [-0.39, 0.29) is 47.5 Å². The molecule has 2 aliphatic heterocycles. The first kappa shape index (κ1) is 20.8. The van der Waals surface area contributed by atoms with Crippen LogP contribution in [0.15, 0.2) is 22.3 Å². The summed E-state index contributed by atoms with van der Waals surface area (Å²) in [6.07, 6.45) is 12.3. The summed E-state index contributed by atoms with van der Waals surface area (Å²) in [5.74, 6) is 2.98. The van der Waals surface area contributed by atoms with E-state index in [2.05, 4.69) is 0 Å². The van der Waals surface area contributed by atoms with E-state index in [1.54, 1.807) is 22.3 Å². The minimum Gasteiger partial charge on any atom is -0.393 e. The average molecular weight is 489 g/mol. The van der Waals surface area contributed by atoms with Crippen LogP contribution in [0.5, 0.6) is 0 Å². The predicted octanol–water partition coefficient (Wildman–Crippen LogP) is 4.14. The van der Waals surface area contributed by atoms with Gasteiger partial charge in [-0.25, -0.2) is 0 Å². The Morgan fingerprint density at radius 2 is 0.639 bits per heavy atom. The summed E-state index contributed by atoms with van der Waals surface area (Å²) in [4.78, 5) is 47.8. The molecule has 0 aromatic heterocycles. The second-order valence-corrected chi connectivity index (χ2v) is 13.4. The van der Waals surface area contributed by atoms with Crippen LogP contribution in [0, 0.1) is 71.0 Å². The maximum absolute atomic E-state index is 11.9. The zero-order valence-electron chi connectivity index (χ0n) is 20.4. The maximum atomic E-state index is 11.9. The van der Waals surface area contributed by atoms with Crippen molar-refractivity contribution in [2.24, 2.45) is 71.0 Å². The molecule has 0 amide bonds. The van der Waals surface area contributed by atoms with E-state index in [0.29, 0.717) is 23.7 Å². The molecule has 6 fully saturated rings. The molecule has 10 aliphatic carbocycles. The molecule has 12 rings (SSSR count). The lowest BCUT2D eigenvalue weighted by Gasteiger charge is -2.47. The number of fused-ring (bicyclic) bond motifs is 6. The molecule has 36 heavy (non-hydrogen) atoms. The highest BCUT2D eigenvalue weighted by Crippen LogP contribution is 2.66. The molecule has 0 radical (unpaired) electrons. The van der Waals surface area contributed by atoms with Crippen LogP contribution in [0.1, 0.15) is 64.2 Å². The summed E-state index contributed by atoms with van der Waals surface area (Å²) in [5, 5.41) is 0. The number of cyclic esters (lactones) is 4. The Kier molecular flexibility index (Phi) is 3.92. The highest BCUT2D eigenvalue weighted by Gasteiger charge is 2.64. The van der Waals surface area contributed by atoms with Gasteiger partial charge in [0.05, 0.1) is 23.7 Å². The van der Waals surface area contributed by atoms with Gasteiger partial charge >= 0.3 is 23.9 Å². The van der Waals surface area contributed by atoms with Gasteiger partial charge in [0.15, 0.2) is 0 Å². The topological polar surface area (TPSA) is 86.7 Å². The van der Waals surface area contributed by atoms with Crippen LogP contribution >= 0.6 is 0 Å². The first-order chi connectivity index (χ1) is 17.5. The third kappa shape index (κ3) is 2.32. The van der Waals surface area contributed by atoms with Gasteiger partial charge in [0.25, 0.3) is 0 Å². The summed E-state index contributed by atoms with van der Waals surface area (Å²) >= 11 is 0. The lowest BCUT2D eigenvalue weighted by Crippen LogP contribution is -2.44. The number of rotatable bonds is 0. The van der Waals surface area contributed by atoms with Gasteiger partial charge in [-0.3, -0.25) is 19.2 Å². The summed E-state index contributed by atoms with van der Waals surface area (Å²) in [5.41, 5.74) is 6.43. The highest BCUT2D eigenvalue weighted by atomic mass is 16.6. The van der Waals surface area contributed by atoms with Crippen molar-refractivity contribution in [3.05, 3.63) is 22.3 Å². The molecule has 6 nitrogen and oxygen atoms in total. The van der Waals surface area contributed by atoms with Gasteiger partial charge in [0, 0.05) is 0 Å². The summed E-state index contributed by atoms with van der Waals surface area (Å²) < 4.78 is 9.88. The minimum atomic E-state index is -0.228. The molecule has 12 unspecified atom stereocenters. The van der Waals surface area contributed by atoms with E-state index in [4.69, 9.17) is 9.47 Å². The molecule has 0 aromatic rings. The summed E-state index contributed by atoms with van der Waals surface area (Å²) in [7, 11) is 0. The Morgan fingerprint density at radius 1 is 0.389 bits per heavy atom. The van der Waals surface area contributed by atoms with E-state index in [1.807, 2.05) is 0 Å². The van der Waals surface area contributed by atoms with Gasteiger partial charge in [-0.1, -0.05) is 22.3 Å². The molecule has 12 aliphatic rings. The van der Waals surface area contributed by atoms with Crippen molar-refractivity contribution in [1.82, 2.24) is 0 Å². The zero-order valence-corrected chi connectivity index (χ0v) is 20.4. The molecule has 8 bridgehead atoms. The second kappa shape index (κ2) is 6.79. The normalized spacial score (nSPS) is 51.8. The molecule has 2 heterocycles. The Hall–Kier alpha value is -2.24. The number of hydrogen-bond acceptors (Lipinski definition) is 6. The van der Waals surface area contributed by atoms with Gasteiger partial charge in [-0.05, 0) is 112 Å². The van der Waals surface area contributed by atoms with Crippen molar-refractivity contribution in [1.29, 1.82) is 0 Å². The van der Waals surface area contributed by atoms with E-state index in [9.17, 15) is 19.2 Å². The van der Waals surface area contributed by atoms with Crippen LogP contribution in [0.4, 0.5) is 0 Å². The van der Waals surface area contributed by atoms with Crippen LogP contribution in [0.25, 0.3) is 0 Å². The largest absolute Gasteiger partial charge is 0.393 e. The fourth-order valence-corrected chi connectivity index (χ4v) is 11.7. The van der Waals surface area contributed by atoms with Crippen molar-refractivity contribution in [3.8, 4) is 0 Å². The Bertz CT molecular complexity index is 1040. The Balaban J connectivity index is 0.000000108. The fourth-order valence-electron chi connectivity index (χ4n) is 11.7.